The molecule has 0 atom stereocenters. The molecule has 0 unspecified atom stereocenters. The van der Waals surface area contributed by atoms with Gasteiger partial charge in [-0.05, 0) is 17.7 Å². The van der Waals surface area contributed by atoms with Crippen LogP contribution in [0.15, 0.2) is 29.2 Å². The number of aliphatic carboxylic acids is 1. The Labute approximate surface area is 118 Å². The molecule has 0 spiro atoms. The fraction of sp³-hybridized carbons (Fsp3) is 0.462. The van der Waals surface area contributed by atoms with E-state index in [9.17, 15) is 13.2 Å². The van der Waals surface area contributed by atoms with Crippen LogP contribution in [0, 0.1) is 0 Å². The van der Waals surface area contributed by atoms with Crippen molar-refractivity contribution < 1.29 is 27.8 Å². The quantitative estimate of drug-likeness (QED) is 0.677. The Bertz CT molecular complexity index is 520. The second-order valence-corrected chi connectivity index (χ2v) is 6.25. The monoisotopic (exact) mass is 302 g/mol. The van der Waals surface area contributed by atoms with Gasteiger partial charge < -0.3 is 14.6 Å². The van der Waals surface area contributed by atoms with Gasteiger partial charge in [0.05, 0.1) is 36.9 Å². The van der Waals surface area contributed by atoms with Crippen molar-refractivity contribution in [2.24, 2.45) is 0 Å². The molecule has 0 radical (unpaired) electrons. The first-order valence-corrected chi connectivity index (χ1v) is 7.71. The largest absolute Gasteiger partial charge is 0.481 e. The maximum atomic E-state index is 12.0. The van der Waals surface area contributed by atoms with E-state index in [4.69, 9.17) is 14.6 Å². The number of carboxylic acids is 1. The molecule has 6 nitrogen and oxygen atoms in total. The van der Waals surface area contributed by atoms with Crippen molar-refractivity contribution in [2.45, 2.75) is 11.3 Å². The normalized spacial score (nSPS) is 11.4. The molecule has 0 aliphatic rings. The van der Waals surface area contributed by atoms with E-state index < -0.39 is 15.8 Å². The molecule has 1 aromatic rings. The molecule has 0 bridgehead atoms. The van der Waals surface area contributed by atoms with Gasteiger partial charge in [0.2, 0.25) is 0 Å². The predicted octanol–water partition coefficient (Wildman–Crippen LogP) is 0.750. The highest BCUT2D eigenvalue weighted by Crippen LogP contribution is 2.13. The van der Waals surface area contributed by atoms with Crippen molar-refractivity contribution in [2.75, 3.05) is 32.7 Å². The molecule has 0 saturated heterocycles. The van der Waals surface area contributed by atoms with Crippen LogP contribution in [0.2, 0.25) is 0 Å². The van der Waals surface area contributed by atoms with Crippen molar-refractivity contribution in [3.05, 3.63) is 29.8 Å². The minimum absolute atomic E-state index is 0.0998. The van der Waals surface area contributed by atoms with Gasteiger partial charge in [0.25, 0.3) is 0 Å². The Kier molecular flexibility index (Phi) is 6.63. The number of hydrogen-bond donors (Lipinski definition) is 1. The van der Waals surface area contributed by atoms with Crippen LogP contribution in [-0.4, -0.2) is 52.2 Å². The Morgan fingerprint density at radius 1 is 1.15 bits per heavy atom. The van der Waals surface area contributed by atoms with E-state index >= 15 is 0 Å². The number of ether oxygens (including phenoxy) is 2. The van der Waals surface area contributed by atoms with Gasteiger partial charge in [-0.1, -0.05) is 12.1 Å². The summed E-state index contributed by atoms with van der Waals surface area (Å²) in [5, 5.41) is 8.64. The Balaban J connectivity index is 2.56. The van der Waals surface area contributed by atoms with Crippen molar-refractivity contribution in [3.63, 3.8) is 0 Å². The van der Waals surface area contributed by atoms with E-state index in [2.05, 4.69) is 0 Å². The van der Waals surface area contributed by atoms with Crippen LogP contribution in [0.3, 0.4) is 0 Å². The smallest absolute Gasteiger partial charge is 0.307 e. The van der Waals surface area contributed by atoms with Crippen LogP contribution in [0.5, 0.6) is 0 Å². The fourth-order valence-corrected chi connectivity index (χ4v) is 2.64. The number of hydrogen-bond acceptors (Lipinski definition) is 5. The van der Waals surface area contributed by atoms with Crippen LogP contribution in [0.1, 0.15) is 5.56 Å². The Morgan fingerprint density at radius 2 is 1.80 bits per heavy atom. The second-order valence-electron chi connectivity index (χ2n) is 4.14. The standard InChI is InChI=1S/C13H18O6S/c1-18-6-7-19-8-9-20(16,17)12-4-2-11(3-5-12)10-13(14)15/h2-5H,6-10H2,1H3,(H,14,15). The van der Waals surface area contributed by atoms with Gasteiger partial charge in [0, 0.05) is 7.11 Å². The second kappa shape index (κ2) is 7.98. The molecule has 0 aliphatic heterocycles. The van der Waals surface area contributed by atoms with Gasteiger partial charge >= 0.3 is 5.97 Å². The summed E-state index contributed by atoms with van der Waals surface area (Å²) in [6, 6.07) is 5.85. The number of rotatable bonds is 9. The summed E-state index contributed by atoms with van der Waals surface area (Å²) in [7, 11) is -1.87. The lowest BCUT2D eigenvalue weighted by atomic mass is 10.2. The Hall–Kier alpha value is -1.44. The van der Waals surface area contributed by atoms with E-state index in [0.717, 1.165) is 0 Å². The first kappa shape index (κ1) is 16.6. The van der Waals surface area contributed by atoms with E-state index in [1.54, 1.807) is 7.11 Å². The van der Waals surface area contributed by atoms with E-state index in [1.807, 2.05) is 0 Å². The molecular weight excluding hydrogens is 284 g/mol. The summed E-state index contributed by atoms with van der Waals surface area (Å²) in [5.41, 5.74) is 0.563. The van der Waals surface area contributed by atoms with E-state index in [-0.39, 0.29) is 23.7 Å². The summed E-state index contributed by atoms with van der Waals surface area (Å²) >= 11 is 0. The lowest BCUT2D eigenvalue weighted by Crippen LogP contribution is -2.14. The lowest BCUT2D eigenvalue weighted by Gasteiger charge is -2.06. The lowest BCUT2D eigenvalue weighted by molar-refractivity contribution is -0.136. The number of sulfone groups is 1. The molecule has 0 fully saturated rings. The first-order chi connectivity index (χ1) is 9.45. The summed E-state index contributed by atoms with van der Waals surface area (Å²) in [6.07, 6.45) is -0.125. The van der Waals surface area contributed by atoms with Gasteiger partial charge in [-0.3, -0.25) is 4.79 Å². The van der Waals surface area contributed by atoms with Gasteiger partial charge in [-0.15, -0.1) is 0 Å². The predicted molar refractivity (Wildman–Crippen MR) is 72.5 cm³/mol. The molecule has 0 aromatic heterocycles. The summed E-state index contributed by atoms with van der Waals surface area (Å²) in [6.45, 7) is 0.871. The number of carboxylic acid groups (broad SMARTS) is 1. The third-order valence-corrected chi connectivity index (χ3v) is 4.26. The maximum Gasteiger partial charge on any atom is 0.307 e. The number of methoxy groups -OCH3 is 1. The van der Waals surface area contributed by atoms with Crippen molar-refractivity contribution in [3.8, 4) is 0 Å². The van der Waals surface area contributed by atoms with Gasteiger partial charge in [0.1, 0.15) is 0 Å². The number of carbonyl (C=O) groups is 1. The van der Waals surface area contributed by atoms with Crippen molar-refractivity contribution >= 4 is 15.8 Å². The van der Waals surface area contributed by atoms with Crippen LogP contribution >= 0.6 is 0 Å². The third kappa shape index (κ3) is 5.68. The summed E-state index contributed by atoms with van der Waals surface area (Å²) in [5.74, 6) is -1.07. The molecular formula is C13H18O6S. The topological polar surface area (TPSA) is 89.9 Å². The highest BCUT2D eigenvalue weighted by molar-refractivity contribution is 7.91. The molecule has 1 aromatic carbocycles. The molecule has 0 aliphatic carbocycles. The van der Waals surface area contributed by atoms with Crippen molar-refractivity contribution in [1.82, 2.24) is 0 Å². The summed E-state index contributed by atoms with van der Waals surface area (Å²) < 4.78 is 33.8. The fourth-order valence-electron chi connectivity index (χ4n) is 1.52. The molecule has 112 valence electrons. The molecule has 20 heavy (non-hydrogen) atoms. The maximum absolute atomic E-state index is 12.0. The van der Waals surface area contributed by atoms with Crippen LogP contribution in [0.4, 0.5) is 0 Å². The third-order valence-electron chi connectivity index (χ3n) is 2.57. The van der Waals surface area contributed by atoms with Crippen LogP contribution in [0.25, 0.3) is 0 Å². The molecule has 7 heteroatoms. The average Bonchev–Trinajstić information content (AvgIpc) is 2.38. The van der Waals surface area contributed by atoms with E-state index in [1.165, 1.54) is 24.3 Å². The van der Waals surface area contributed by atoms with E-state index in [0.29, 0.717) is 18.8 Å². The van der Waals surface area contributed by atoms with Crippen molar-refractivity contribution in [1.29, 1.82) is 0 Å². The van der Waals surface area contributed by atoms with Gasteiger partial charge in [-0.2, -0.15) is 0 Å². The van der Waals surface area contributed by atoms with Gasteiger partial charge in [-0.25, -0.2) is 8.42 Å². The molecule has 0 amide bonds. The highest BCUT2D eigenvalue weighted by Gasteiger charge is 2.14. The zero-order chi connectivity index (χ0) is 15.0. The minimum Gasteiger partial charge on any atom is -0.481 e. The SMILES string of the molecule is COCCOCCS(=O)(=O)c1ccc(CC(=O)O)cc1. The summed E-state index contributed by atoms with van der Waals surface area (Å²) in [4.78, 5) is 10.7. The molecule has 0 heterocycles. The Morgan fingerprint density at radius 3 is 2.35 bits per heavy atom. The number of benzene rings is 1. The minimum atomic E-state index is -3.41. The van der Waals surface area contributed by atoms with Crippen LogP contribution < -0.4 is 0 Å². The van der Waals surface area contributed by atoms with Crippen LogP contribution in [-0.2, 0) is 30.5 Å². The average molecular weight is 302 g/mol. The molecule has 0 saturated carbocycles. The molecule has 1 rings (SSSR count). The zero-order valence-corrected chi connectivity index (χ0v) is 12.1. The first-order valence-electron chi connectivity index (χ1n) is 6.06. The zero-order valence-electron chi connectivity index (χ0n) is 11.2. The van der Waals surface area contributed by atoms with Gasteiger partial charge in [0.15, 0.2) is 9.84 Å². The molecule has 1 N–H and O–H groups in total. The highest BCUT2D eigenvalue weighted by atomic mass is 32.2.